The molecule has 1 aromatic heterocycles. The van der Waals surface area contributed by atoms with Crippen molar-refractivity contribution in [2.45, 2.75) is 32.4 Å². The van der Waals surface area contributed by atoms with Gasteiger partial charge in [-0.1, -0.05) is 28.9 Å². The summed E-state index contributed by atoms with van der Waals surface area (Å²) in [4.78, 5) is 18.4. The second-order valence-corrected chi connectivity index (χ2v) is 5.98. The second kappa shape index (κ2) is 7.44. The van der Waals surface area contributed by atoms with Crippen LogP contribution in [-0.4, -0.2) is 47.4 Å². The quantitative estimate of drug-likeness (QED) is 0.910. The number of nitrogens with zero attached hydrogens (tertiary/aromatic N) is 3. The van der Waals surface area contributed by atoms with Crippen molar-refractivity contribution in [1.29, 1.82) is 0 Å². The summed E-state index contributed by atoms with van der Waals surface area (Å²) < 4.78 is 10.4. The molecule has 1 aliphatic heterocycles. The lowest BCUT2D eigenvalue weighted by atomic mass is 10.1. The van der Waals surface area contributed by atoms with Gasteiger partial charge in [-0.15, -0.1) is 0 Å². The van der Waals surface area contributed by atoms with Crippen molar-refractivity contribution in [1.82, 2.24) is 20.4 Å². The van der Waals surface area contributed by atoms with Gasteiger partial charge in [-0.3, -0.25) is 0 Å². The Morgan fingerprint density at radius 3 is 3.17 bits per heavy atom. The van der Waals surface area contributed by atoms with Gasteiger partial charge in [0.25, 0.3) is 0 Å². The van der Waals surface area contributed by atoms with E-state index in [2.05, 4.69) is 15.5 Å². The Balaban J connectivity index is 1.58. The van der Waals surface area contributed by atoms with Crippen molar-refractivity contribution >= 4 is 6.03 Å². The van der Waals surface area contributed by atoms with Gasteiger partial charge < -0.3 is 19.5 Å². The molecule has 1 aromatic carbocycles. The van der Waals surface area contributed by atoms with Crippen molar-refractivity contribution in [3.05, 3.63) is 35.7 Å². The highest BCUT2D eigenvalue weighted by Crippen LogP contribution is 2.18. The SMILES string of the molecule is COC[C@@H]1CCCN1C(=O)NCc1nc(-c2cccc(C)c2)no1. The van der Waals surface area contributed by atoms with Gasteiger partial charge >= 0.3 is 6.03 Å². The zero-order chi connectivity index (χ0) is 16.9. The Morgan fingerprint density at radius 1 is 1.50 bits per heavy atom. The fourth-order valence-corrected chi connectivity index (χ4v) is 2.95. The molecule has 2 amide bonds. The smallest absolute Gasteiger partial charge is 0.318 e. The first-order valence-corrected chi connectivity index (χ1v) is 8.10. The van der Waals surface area contributed by atoms with Crippen LogP contribution in [0.3, 0.4) is 0 Å². The maximum absolute atomic E-state index is 12.3. The molecule has 7 heteroatoms. The van der Waals surface area contributed by atoms with Crippen LogP contribution in [-0.2, 0) is 11.3 Å². The van der Waals surface area contributed by atoms with E-state index in [1.54, 1.807) is 12.0 Å². The van der Waals surface area contributed by atoms with Crippen LogP contribution < -0.4 is 5.32 Å². The number of methoxy groups -OCH3 is 1. The van der Waals surface area contributed by atoms with E-state index in [4.69, 9.17) is 9.26 Å². The van der Waals surface area contributed by atoms with E-state index in [9.17, 15) is 4.79 Å². The molecule has 1 fully saturated rings. The van der Waals surface area contributed by atoms with Gasteiger partial charge in [-0.2, -0.15) is 4.98 Å². The van der Waals surface area contributed by atoms with Gasteiger partial charge in [-0.25, -0.2) is 4.79 Å². The Hall–Kier alpha value is -2.41. The first kappa shape index (κ1) is 16.4. The molecule has 2 heterocycles. The van der Waals surface area contributed by atoms with Crippen molar-refractivity contribution in [3.63, 3.8) is 0 Å². The van der Waals surface area contributed by atoms with Gasteiger partial charge in [0.05, 0.1) is 19.2 Å². The maximum Gasteiger partial charge on any atom is 0.318 e. The zero-order valence-electron chi connectivity index (χ0n) is 14.0. The van der Waals surface area contributed by atoms with E-state index in [1.165, 1.54) is 0 Å². The highest BCUT2D eigenvalue weighted by atomic mass is 16.5. The number of amides is 2. The molecular weight excluding hydrogens is 308 g/mol. The number of ether oxygens (including phenoxy) is 1. The van der Waals surface area contributed by atoms with Gasteiger partial charge in [0.15, 0.2) is 0 Å². The summed E-state index contributed by atoms with van der Waals surface area (Å²) >= 11 is 0. The molecule has 0 aliphatic carbocycles. The monoisotopic (exact) mass is 330 g/mol. The van der Waals surface area contributed by atoms with Crippen LogP contribution in [0.1, 0.15) is 24.3 Å². The number of carbonyl (C=O) groups is 1. The third-order valence-corrected chi connectivity index (χ3v) is 4.13. The predicted octanol–water partition coefficient (Wildman–Crippen LogP) is 2.37. The zero-order valence-corrected chi connectivity index (χ0v) is 14.0. The van der Waals surface area contributed by atoms with Crippen molar-refractivity contribution < 1.29 is 14.1 Å². The Bertz CT molecular complexity index is 701. The number of nitrogens with one attached hydrogen (secondary N) is 1. The molecule has 1 atom stereocenters. The molecule has 0 bridgehead atoms. The predicted molar refractivity (Wildman–Crippen MR) is 88.3 cm³/mol. The van der Waals surface area contributed by atoms with Gasteiger partial charge in [0.1, 0.15) is 0 Å². The number of urea groups is 1. The Labute approximate surface area is 141 Å². The lowest BCUT2D eigenvalue weighted by Gasteiger charge is -2.23. The summed E-state index contributed by atoms with van der Waals surface area (Å²) in [5.74, 6) is 0.920. The maximum atomic E-state index is 12.3. The highest BCUT2D eigenvalue weighted by molar-refractivity contribution is 5.74. The summed E-state index contributed by atoms with van der Waals surface area (Å²) in [7, 11) is 1.65. The lowest BCUT2D eigenvalue weighted by molar-refractivity contribution is 0.123. The molecule has 7 nitrogen and oxygen atoms in total. The van der Waals surface area contributed by atoms with E-state index >= 15 is 0 Å². The number of aromatic nitrogens is 2. The van der Waals surface area contributed by atoms with Gasteiger partial charge in [0, 0.05) is 19.2 Å². The molecule has 3 rings (SSSR count). The summed E-state index contributed by atoms with van der Waals surface area (Å²) in [6, 6.07) is 7.90. The number of benzene rings is 1. The van der Waals surface area contributed by atoms with Crippen LogP contribution in [0.4, 0.5) is 4.79 Å². The number of rotatable bonds is 5. The fraction of sp³-hybridized carbons (Fsp3) is 0.471. The average molecular weight is 330 g/mol. The van der Waals surface area contributed by atoms with Crippen LogP contribution in [0.2, 0.25) is 0 Å². The largest absolute Gasteiger partial charge is 0.383 e. The molecule has 128 valence electrons. The van der Waals surface area contributed by atoms with E-state index in [0.717, 1.165) is 30.5 Å². The van der Waals surface area contributed by atoms with Crippen molar-refractivity contribution in [2.75, 3.05) is 20.3 Å². The van der Waals surface area contributed by atoms with Crippen LogP contribution in [0.5, 0.6) is 0 Å². The molecule has 24 heavy (non-hydrogen) atoms. The van der Waals surface area contributed by atoms with Gasteiger partial charge in [-0.05, 0) is 25.8 Å². The molecule has 0 spiro atoms. The van der Waals surface area contributed by atoms with E-state index in [-0.39, 0.29) is 18.6 Å². The molecular formula is C17H22N4O3. The number of likely N-dealkylation sites (tertiary alicyclic amines) is 1. The minimum atomic E-state index is -0.121. The molecule has 1 N–H and O–H groups in total. The number of aryl methyl sites for hydroxylation is 1. The van der Waals surface area contributed by atoms with Crippen molar-refractivity contribution in [3.8, 4) is 11.4 Å². The minimum absolute atomic E-state index is 0.121. The van der Waals surface area contributed by atoms with E-state index in [1.807, 2.05) is 31.2 Å². The van der Waals surface area contributed by atoms with Crippen LogP contribution >= 0.6 is 0 Å². The highest BCUT2D eigenvalue weighted by Gasteiger charge is 2.28. The summed E-state index contributed by atoms with van der Waals surface area (Å²) in [5, 5.41) is 6.82. The molecule has 1 saturated heterocycles. The lowest BCUT2D eigenvalue weighted by Crippen LogP contribution is -2.44. The van der Waals surface area contributed by atoms with E-state index in [0.29, 0.717) is 18.3 Å². The second-order valence-electron chi connectivity index (χ2n) is 5.98. The topological polar surface area (TPSA) is 80.5 Å². The third kappa shape index (κ3) is 3.73. The summed E-state index contributed by atoms with van der Waals surface area (Å²) in [6.07, 6.45) is 1.97. The minimum Gasteiger partial charge on any atom is -0.383 e. The average Bonchev–Trinajstić information content (AvgIpc) is 3.22. The van der Waals surface area contributed by atoms with E-state index < -0.39 is 0 Å². The van der Waals surface area contributed by atoms with Crippen LogP contribution in [0.15, 0.2) is 28.8 Å². The molecule has 2 aromatic rings. The summed E-state index contributed by atoms with van der Waals surface area (Å²) in [5.41, 5.74) is 2.03. The molecule has 1 aliphatic rings. The van der Waals surface area contributed by atoms with Crippen LogP contribution in [0.25, 0.3) is 11.4 Å². The number of carbonyl (C=O) groups excluding carboxylic acids is 1. The Morgan fingerprint density at radius 2 is 2.38 bits per heavy atom. The van der Waals surface area contributed by atoms with Crippen LogP contribution in [0, 0.1) is 6.92 Å². The molecule has 0 saturated carbocycles. The number of hydrogen-bond acceptors (Lipinski definition) is 5. The fourth-order valence-electron chi connectivity index (χ4n) is 2.95. The van der Waals surface area contributed by atoms with Gasteiger partial charge in [0.2, 0.25) is 11.7 Å². The van der Waals surface area contributed by atoms with Crippen molar-refractivity contribution in [2.24, 2.45) is 0 Å². The first-order valence-electron chi connectivity index (χ1n) is 8.10. The normalized spacial score (nSPS) is 17.2. The number of hydrogen-bond donors (Lipinski definition) is 1. The molecule has 0 radical (unpaired) electrons. The standard InChI is InChI=1S/C17H22N4O3/c1-12-5-3-6-13(9-12)16-19-15(24-20-16)10-18-17(22)21-8-4-7-14(21)11-23-2/h3,5-6,9,14H,4,7-8,10-11H2,1-2H3,(H,18,22)/t14-/m0/s1. The molecule has 0 unspecified atom stereocenters. The Kier molecular flexibility index (Phi) is 5.10. The summed E-state index contributed by atoms with van der Waals surface area (Å²) in [6.45, 7) is 3.54. The first-order chi connectivity index (χ1) is 11.7. The third-order valence-electron chi connectivity index (χ3n) is 4.13.